The summed E-state index contributed by atoms with van der Waals surface area (Å²) in [6.07, 6.45) is 1.92. The fourth-order valence-corrected chi connectivity index (χ4v) is 3.45. The lowest BCUT2D eigenvalue weighted by Crippen LogP contribution is -2.34. The van der Waals surface area contributed by atoms with Crippen molar-refractivity contribution < 1.29 is 5.11 Å². The molecule has 0 aliphatic carbocycles. The van der Waals surface area contributed by atoms with Crippen LogP contribution in [0.4, 0.5) is 0 Å². The smallest absolute Gasteiger partial charge is 0.108 e. The third-order valence-electron chi connectivity index (χ3n) is 2.89. The average molecular weight is 296 g/mol. The normalized spacial score (nSPS) is 14.8. The second-order valence-electron chi connectivity index (χ2n) is 5.17. The van der Waals surface area contributed by atoms with Crippen LogP contribution < -0.4 is 5.32 Å². The van der Waals surface area contributed by atoms with Gasteiger partial charge in [-0.05, 0) is 18.4 Å². The highest BCUT2D eigenvalue weighted by Crippen LogP contribution is 2.25. The Morgan fingerprint density at radius 2 is 2.26 bits per heavy atom. The van der Waals surface area contributed by atoms with Crippen molar-refractivity contribution in [3.05, 3.63) is 38.5 Å². The van der Waals surface area contributed by atoms with Crippen molar-refractivity contribution in [1.82, 2.24) is 10.3 Å². The van der Waals surface area contributed by atoms with Gasteiger partial charge in [-0.3, -0.25) is 0 Å². The van der Waals surface area contributed by atoms with E-state index in [2.05, 4.69) is 24.1 Å². The molecule has 0 saturated carbocycles. The number of nitrogens with zero attached hydrogens (tertiary/aromatic N) is 1. The van der Waals surface area contributed by atoms with E-state index in [-0.39, 0.29) is 0 Å². The summed E-state index contributed by atoms with van der Waals surface area (Å²) in [6.45, 7) is 7.45. The Kier molecular flexibility index (Phi) is 4.73. The maximum atomic E-state index is 10.4. The molecule has 1 unspecified atom stereocenters. The molecule has 2 N–H and O–H groups in total. The second-order valence-corrected chi connectivity index (χ2v) is 7.27. The van der Waals surface area contributed by atoms with Crippen LogP contribution in [0.2, 0.25) is 0 Å². The average Bonchev–Trinajstić information content (AvgIpc) is 3.00. The van der Waals surface area contributed by atoms with E-state index in [1.807, 2.05) is 30.6 Å². The predicted octanol–water partition coefficient (Wildman–Crippen LogP) is 3.33. The Hall–Kier alpha value is -0.750. The molecule has 1 atom stereocenters. The Morgan fingerprint density at radius 1 is 1.47 bits per heavy atom. The highest BCUT2D eigenvalue weighted by Gasteiger charge is 2.23. The number of aliphatic hydroxyl groups is 1. The molecule has 2 aromatic rings. The SMILES string of the molecule is CC(C)c1ncc(CNCC(C)(O)c2cccs2)s1. The molecule has 19 heavy (non-hydrogen) atoms. The van der Waals surface area contributed by atoms with E-state index in [1.165, 1.54) is 9.88 Å². The maximum absolute atomic E-state index is 10.4. The van der Waals surface area contributed by atoms with Crippen LogP contribution in [-0.2, 0) is 12.1 Å². The minimum atomic E-state index is -0.806. The maximum Gasteiger partial charge on any atom is 0.108 e. The van der Waals surface area contributed by atoms with Crippen molar-refractivity contribution in [2.24, 2.45) is 0 Å². The number of hydrogen-bond donors (Lipinski definition) is 2. The zero-order valence-corrected chi connectivity index (χ0v) is 13.1. The first kappa shape index (κ1) is 14.7. The number of thiophene rings is 1. The summed E-state index contributed by atoms with van der Waals surface area (Å²) in [5.41, 5.74) is -0.806. The van der Waals surface area contributed by atoms with Gasteiger partial charge in [0.1, 0.15) is 5.60 Å². The molecule has 0 aliphatic heterocycles. The van der Waals surface area contributed by atoms with E-state index < -0.39 is 5.60 Å². The summed E-state index contributed by atoms with van der Waals surface area (Å²) in [4.78, 5) is 6.61. The summed E-state index contributed by atoms with van der Waals surface area (Å²) in [7, 11) is 0. The number of aromatic nitrogens is 1. The van der Waals surface area contributed by atoms with E-state index in [9.17, 15) is 5.11 Å². The third kappa shape index (κ3) is 3.86. The Labute approximate surface area is 122 Å². The lowest BCUT2D eigenvalue weighted by Gasteiger charge is -2.22. The first-order valence-corrected chi connectivity index (χ1v) is 8.10. The van der Waals surface area contributed by atoms with Gasteiger partial charge in [-0.15, -0.1) is 22.7 Å². The van der Waals surface area contributed by atoms with Crippen molar-refractivity contribution in [2.45, 2.75) is 38.8 Å². The molecule has 0 radical (unpaired) electrons. The summed E-state index contributed by atoms with van der Waals surface area (Å²) < 4.78 is 0. The van der Waals surface area contributed by atoms with Crippen molar-refractivity contribution in [2.75, 3.05) is 6.54 Å². The molecule has 104 valence electrons. The van der Waals surface area contributed by atoms with Gasteiger partial charge in [0.25, 0.3) is 0 Å². The Morgan fingerprint density at radius 3 is 2.84 bits per heavy atom. The van der Waals surface area contributed by atoms with Gasteiger partial charge in [0, 0.05) is 35.0 Å². The van der Waals surface area contributed by atoms with Gasteiger partial charge in [-0.25, -0.2) is 4.98 Å². The van der Waals surface area contributed by atoms with Crippen LogP contribution in [0.3, 0.4) is 0 Å². The fraction of sp³-hybridized carbons (Fsp3) is 0.500. The second kappa shape index (κ2) is 6.13. The van der Waals surface area contributed by atoms with Crippen molar-refractivity contribution in [3.8, 4) is 0 Å². The van der Waals surface area contributed by atoms with E-state index in [4.69, 9.17) is 0 Å². The highest BCUT2D eigenvalue weighted by atomic mass is 32.1. The fourth-order valence-electron chi connectivity index (χ4n) is 1.77. The minimum Gasteiger partial charge on any atom is -0.383 e. The standard InChI is InChI=1S/C14H20N2OS2/c1-10(2)13-16-8-11(19-13)7-15-9-14(3,17)12-5-4-6-18-12/h4-6,8,10,15,17H,7,9H2,1-3H3. The third-order valence-corrected chi connectivity index (χ3v) is 5.31. The van der Waals surface area contributed by atoms with Crippen LogP contribution in [-0.4, -0.2) is 16.6 Å². The monoisotopic (exact) mass is 296 g/mol. The number of rotatable bonds is 6. The zero-order valence-electron chi connectivity index (χ0n) is 11.5. The molecule has 5 heteroatoms. The number of thiazole rings is 1. The van der Waals surface area contributed by atoms with Gasteiger partial charge in [-0.1, -0.05) is 19.9 Å². The van der Waals surface area contributed by atoms with E-state index in [0.717, 1.165) is 11.4 Å². The van der Waals surface area contributed by atoms with Crippen molar-refractivity contribution >= 4 is 22.7 Å². The molecule has 0 amide bonds. The lowest BCUT2D eigenvalue weighted by molar-refractivity contribution is 0.0605. The molecule has 0 aliphatic rings. The summed E-state index contributed by atoms with van der Waals surface area (Å²) in [5.74, 6) is 0.480. The highest BCUT2D eigenvalue weighted by molar-refractivity contribution is 7.11. The summed E-state index contributed by atoms with van der Waals surface area (Å²) in [6, 6.07) is 3.93. The molecule has 2 aromatic heterocycles. The topological polar surface area (TPSA) is 45.2 Å². The molecule has 0 spiro atoms. The van der Waals surface area contributed by atoms with Crippen LogP contribution in [0.1, 0.15) is 41.5 Å². The van der Waals surface area contributed by atoms with Crippen LogP contribution >= 0.6 is 22.7 Å². The molecule has 0 fully saturated rings. The Bertz CT molecular complexity index is 503. The summed E-state index contributed by atoms with van der Waals surface area (Å²) >= 11 is 3.32. The van der Waals surface area contributed by atoms with E-state index in [0.29, 0.717) is 12.5 Å². The van der Waals surface area contributed by atoms with Crippen LogP contribution in [0, 0.1) is 0 Å². The largest absolute Gasteiger partial charge is 0.383 e. The van der Waals surface area contributed by atoms with Crippen LogP contribution in [0.25, 0.3) is 0 Å². The summed E-state index contributed by atoms with van der Waals surface area (Å²) in [5, 5.41) is 16.8. The van der Waals surface area contributed by atoms with Crippen LogP contribution in [0.15, 0.2) is 23.7 Å². The molecule has 2 heterocycles. The molecule has 2 rings (SSSR count). The van der Waals surface area contributed by atoms with E-state index >= 15 is 0 Å². The van der Waals surface area contributed by atoms with Crippen LogP contribution in [0.5, 0.6) is 0 Å². The predicted molar refractivity (Wildman–Crippen MR) is 81.8 cm³/mol. The minimum absolute atomic E-state index is 0.480. The molecule has 0 aromatic carbocycles. The molecule has 0 saturated heterocycles. The van der Waals surface area contributed by atoms with Gasteiger partial charge < -0.3 is 10.4 Å². The number of hydrogen-bond acceptors (Lipinski definition) is 5. The van der Waals surface area contributed by atoms with Gasteiger partial charge in [-0.2, -0.15) is 0 Å². The first-order valence-electron chi connectivity index (χ1n) is 6.41. The first-order chi connectivity index (χ1) is 8.99. The lowest BCUT2D eigenvalue weighted by atomic mass is 10.1. The molecule has 0 bridgehead atoms. The van der Waals surface area contributed by atoms with Gasteiger partial charge in [0.05, 0.1) is 5.01 Å². The van der Waals surface area contributed by atoms with E-state index in [1.54, 1.807) is 22.7 Å². The van der Waals surface area contributed by atoms with Gasteiger partial charge in [0.2, 0.25) is 0 Å². The zero-order chi connectivity index (χ0) is 13.9. The Balaban J connectivity index is 1.86. The molecule has 3 nitrogen and oxygen atoms in total. The van der Waals surface area contributed by atoms with Gasteiger partial charge >= 0.3 is 0 Å². The quantitative estimate of drug-likeness (QED) is 0.859. The van der Waals surface area contributed by atoms with Crippen molar-refractivity contribution in [3.63, 3.8) is 0 Å². The van der Waals surface area contributed by atoms with Gasteiger partial charge in [0.15, 0.2) is 0 Å². The van der Waals surface area contributed by atoms with Crippen molar-refractivity contribution in [1.29, 1.82) is 0 Å². The molecular weight excluding hydrogens is 276 g/mol. The number of nitrogens with one attached hydrogen (secondary N) is 1. The molecular formula is C14H20N2OS2.